The quantitative estimate of drug-likeness (QED) is 0.673. The molecule has 0 amide bonds. The van der Waals surface area contributed by atoms with Crippen LogP contribution < -0.4 is 9.64 Å². The SMILES string of the molecule is COc1ccc2c(N3CCc4cc(F)c(Br)cc43)ncnc2c1. The van der Waals surface area contributed by atoms with Gasteiger partial charge in [-0.3, -0.25) is 0 Å². The van der Waals surface area contributed by atoms with Crippen molar-refractivity contribution >= 4 is 38.3 Å². The molecule has 1 aliphatic heterocycles. The van der Waals surface area contributed by atoms with Gasteiger partial charge < -0.3 is 9.64 Å². The summed E-state index contributed by atoms with van der Waals surface area (Å²) in [6.07, 6.45) is 2.34. The first-order valence-corrected chi connectivity index (χ1v) is 8.01. The molecule has 116 valence electrons. The summed E-state index contributed by atoms with van der Waals surface area (Å²) in [5.41, 5.74) is 2.80. The molecular weight excluding hydrogens is 361 g/mol. The van der Waals surface area contributed by atoms with Crippen molar-refractivity contribution < 1.29 is 9.13 Å². The Bertz CT molecular complexity index is 916. The highest BCUT2D eigenvalue weighted by molar-refractivity contribution is 9.10. The molecule has 0 aliphatic carbocycles. The topological polar surface area (TPSA) is 38.2 Å². The number of anilines is 2. The first-order valence-electron chi connectivity index (χ1n) is 7.21. The minimum absolute atomic E-state index is 0.233. The molecule has 0 saturated carbocycles. The second-order valence-electron chi connectivity index (χ2n) is 5.38. The molecule has 4 nitrogen and oxygen atoms in total. The summed E-state index contributed by atoms with van der Waals surface area (Å²) < 4.78 is 19.4. The lowest BCUT2D eigenvalue weighted by Gasteiger charge is -2.20. The number of rotatable bonds is 2. The van der Waals surface area contributed by atoms with Crippen LogP contribution in [0.2, 0.25) is 0 Å². The van der Waals surface area contributed by atoms with Gasteiger partial charge in [0.2, 0.25) is 0 Å². The number of methoxy groups -OCH3 is 1. The maximum atomic E-state index is 13.7. The number of halogens is 2. The molecule has 3 aromatic rings. The number of nitrogens with zero attached hydrogens (tertiary/aromatic N) is 3. The van der Waals surface area contributed by atoms with Crippen LogP contribution in [0.5, 0.6) is 5.75 Å². The molecule has 1 aliphatic rings. The minimum Gasteiger partial charge on any atom is -0.497 e. The smallest absolute Gasteiger partial charge is 0.144 e. The normalized spacial score (nSPS) is 13.4. The van der Waals surface area contributed by atoms with Gasteiger partial charge in [-0.1, -0.05) is 0 Å². The van der Waals surface area contributed by atoms with Gasteiger partial charge in [-0.2, -0.15) is 0 Å². The summed E-state index contributed by atoms with van der Waals surface area (Å²) in [6.45, 7) is 0.767. The van der Waals surface area contributed by atoms with E-state index in [9.17, 15) is 4.39 Å². The Hall–Kier alpha value is -2.21. The average molecular weight is 374 g/mol. The summed E-state index contributed by atoms with van der Waals surface area (Å²) in [4.78, 5) is 10.9. The molecule has 0 bridgehead atoms. The number of aromatic nitrogens is 2. The van der Waals surface area contributed by atoms with E-state index >= 15 is 0 Å². The van der Waals surface area contributed by atoms with Gasteiger partial charge >= 0.3 is 0 Å². The fourth-order valence-electron chi connectivity index (χ4n) is 2.97. The van der Waals surface area contributed by atoms with E-state index in [4.69, 9.17) is 4.74 Å². The summed E-state index contributed by atoms with van der Waals surface area (Å²) in [5, 5.41) is 0.946. The van der Waals surface area contributed by atoms with Crippen LogP contribution in [0.3, 0.4) is 0 Å². The fraction of sp³-hybridized carbons (Fsp3) is 0.176. The van der Waals surface area contributed by atoms with Crippen LogP contribution in [-0.2, 0) is 6.42 Å². The monoisotopic (exact) mass is 373 g/mol. The van der Waals surface area contributed by atoms with E-state index in [-0.39, 0.29) is 5.82 Å². The number of ether oxygens (including phenoxy) is 1. The van der Waals surface area contributed by atoms with Crippen molar-refractivity contribution in [1.82, 2.24) is 9.97 Å². The van der Waals surface area contributed by atoms with Crippen LogP contribution in [0.25, 0.3) is 10.9 Å². The Balaban J connectivity index is 1.87. The highest BCUT2D eigenvalue weighted by Gasteiger charge is 2.24. The molecule has 23 heavy (non-hydrogen) atoms. The van der Waals surface area contributed by atoms with Crippen molar-refractivity contribution in [2.24, 2.45) is 0 Å². The van der Waals surface area contributed by atoms with Crippen LogP contribution in [-0.4, -0.2) is 23.6 Å². The van der Waals surface area contributed by atoms with E-state index in [1.165, 1.54) is 0 Å². The molecule has 2 aromatic carbocycles. The molecule has 1 aromatic heterocycles. The van der Waals surface area contributed by atoms with Crippen LogP contribution in [0.15, 0.2) is 41.1 Å². The van der Waals surface area contributed by atoms with Crippen molar-refractivity contribution in [2.75, 3.05) is 18.6 Å². The average Bonchev–Trinajstić information content (AvgIpc) is 2.96. The summed E-state index contributed by atoms with van der Waals surface area (Å²) in [7, 11) is 1.63. The van der Waals surface area contributed by atoms with Crippen LogP contribution in [0, 0.1) is 5.82 Å². The first-order chi connectivity index (χ1) is 11.2. The van der Waals surface area contributed by atoms with Gasteiger partial charge in [-0.05, 0) is 52.2 Å². The maximum Gasteiger partial charge on any atom is 0.144 e. The number of benzene rings is 2. The van der Waals surface area contributed by atoms with Crippen molar-refractivity contribution in [2.45, 2.75) is 6.42 Å². The lowest BCUT2D eigenvalue weighted by Crippen LogP contribution is -2.15. The van der Waals surface area contributed by atoms with E-state index < -0.39 is 0 Å². The lowest BCUT2D eigenvalue weighted by atomic mass is 10.1. The van der Waals surface area contributed by atoms with Gasteiger partial charge in [-0.15, -0.1) is 0 Å². The van der Waals surface area contributed by atoms with E-state index in [2.05, 4.69) is 30.8 Å². The maximum absolute atomic E-state index is 13.7. The Morgan fingerprint density at radius 3 is 2.91 bits per heavy atom. The third-order valence-corrected chi connectivity index (χ3v) is 4.70. The van der Waals surface area contributed by atoms with Crippen molar-refractivity contribution in [1.29, 1.82) is 0 Å². The minimum atomic E-state index is -0.233. The zero-order valence-corrected chi connectivity index (χ0v) is 14.0. The Morgan fingerprint density at radius 2 is 2.09 bits per heavy atom. The van der Waals surface area contributed by atoms with Gasteiger partial charge in [0.15, 0.2) is 0 Å². The highest BCUT2D eigenvalue weighted by atomic mass is 79.9. The second-order valence-corrected chi connectivity index (χ2v) is 6.23. The summed E-state index contributed by atoms with van der Waals surface area (Å²) >= 11 is 3.27. The molecule has 0 N–H and O–H groups in total. The van der Waals surface area contributed by atoms with Gasteiger partial charge in [0.25, 0.3) is 0 Å². The Morgan fingerprint density at radius 1 is 1.22 bits per heavy atom. The van der Waals surface area contributed by atoms with Crippen molar-refractivity contribution in [3.05, 3.63) is 52.5 Å². The molecule has 0 atom stereocenters. The van der Waals surface area contributed by atoms with E-state index in [0.717, 1.165) is 46.7 Å². The Labute approximate surface area is 141 Å². The molecule has 0 fully saturated rings. The Kier molecular flexibility index (Phi) is 3.41. The zero-order valence-electron chi connectivity index (χ0n) is 12.4. The van der Waals surface area contributed by atoms with Crippen LogP contribution in [0.1, 0.15) is 5.56 Å². The molecule has 0 unspecified atom stereocenters. The van der Waals surface area contributed by atoms with Crippen LogP contribution in [0.4, 0.5) is 15.9 Å². The van der Waals surface area contributed by atoms with Crippen molar-refractivity contribution in [3.63, 3.8) is 0 Å². The second kappa shape index (κ2) is 5.45. The number of fused-ring (bicyclic) bond motifs is 2. The highest BCUT2D eigenvalue weighted by Crippen LogP contribution is 2.39. The predicted molar refractivity (Wildman–Crippen MR) is 90.9 cm³/mol. The molecule has 0 radical (unpaired) electrons. The van der Waals surface area contributed by atoms with Crippen LogP contribution >= 0.6 is 15.9 Å². The zero-order chi connectivity index (χ0) is 16.0. The fourth-order valence-corrected chi connectivity index (χ4v) is 3.30. The third kappa shape index (κ3) is 2.34. The standard InChI is InChI=1S/C17H13BrFN3O/c1-23-11-2-3-12-15(7-11)20-9-21-17(12)22-5-4-10-6-14(19)13(18)8-16(10)22/h2-3,6-9H,4-5H2,1H3. The number of hydrogen-bond acceptors (Lipinski definition) is 4. The van der Waals surface area contributed by atoms with E-state index in [1.54, 1.807) is 19.5 Å². The summed E-state index contributed by atoms with van der Waals surface area (Å²) in [5.74, 6) is 1.35. The van der Waals surface area contributed by atoms with Crippen molar-refractivity contribution in [3.8, 4) is 5.75 Å². The molecule has 4 rings (SSSR count). The number of hydrogen-bond donors (Lipinski definition) is 0. The largest absolute Gasteiger partial charge is 0.497 e. The predicted octanol–water partition coefficient (Wildman–Crippen LogP) is 4.23. The van der Waals surface area contributed by atoms with Gasteiger partial charge in [-0.25, -0.2) is 14.4 Å². The molecule has 6 heteroatoms. The third-order valence-electron chi connectivity index (χ3n) is 4.10. The molecule has 2 heterocycles. The molecular formula is C17H13BrFN3O. The van der Waals surface area contributed by atoms with E-state index in [1.807, 2.05) is 24.3 Å². The first kappa shape index (κ1) is 14.4. The van der Waals surface area contributed by atoms with Gasteiger partial charge in [0.05, 0.1) is 17.1 Å². The van der Waals surface area contributed by atoms with Gasteiger partial charge in [0.1, 0.15) is 23.7 Å². The lowest BCUT2D eigenvalue weighted by molar-refractivity contribution is 0.415. The van der Waals surface area contributed by atoms with E-state index in [0.29, 0.717) is 4.47 Å². The molecule has 0 saturated heterocycles. The van der Waals surface area contributed by atoms with Gasteiger partial charge in [0, 0.05) is 23.7 Å². The summed E-state index contributed by atoms with van der Waals surface area (Å²) in [6, 6.07) is 9.14. The molecule has 0 spiro atoms.